The first kappa shape index (κ1) is 22.7. The summed E-state index contributed by atoms with van der Waals surface area (Å²) in [6, 6.07) is 24.5. The van der Waals surface area contributed by atoms with Crippen molar-refractivity contribution < 1.29 is 17.5 Å². The lowest BCUT2D eigenvalue weighted by molar-refractivity contribution is -0.665. The lowest BCUT2D eigenvalue weighted by Crippen LogP contribution is -2.33. The van der Waals surface area contributed by atoms with Crippen LogP contribution in [0.5, 0.6) is 0 Å². The molecule has 0 aliphatic carbocycles. The summed E-state index contributed by atoms with van der Waals surface area (Å²) in [4.78, 5) is -0.178. The molecule has 0 saturated carbocycles. The Kier molecular flexibility index (Phi) is 7.57. The van der Waals surface area contributed by atoms with Gasteiger partial charge in [0.05, 0.1) is 4.90 Å². The van der Waals surface area contributed by atoms with Gasteiger partial charge in [0, 0.05) is 24.0 Å². The minimum absolute atomic E-state index is 0.178. The van der Waals surface area contributed by atoms with Crippen LogP contribution in [0.25, 0.3) is 16.3 Å². The third kappa shape index (κ3) is 6.24. The number of fused-ring (bicyclic) bond motifs is 1. The number of nitrogens with one attached hydrogen (secondary N) is 1. The van der Waals surface area contributed by atoms with Crippen LogP contribution in [0.15, 0.2) is 90.0 Å². The molecule has 0 spiro atoms. The molecule has 0 radical (unpaired) electrons. The van der Waals surface area contributed by atoms with E-state index in [2.05, 4.69) is 59.3 Å². The average molecular weight is 453 g/mol. The first-order valence-electron chi connectivity index (χ1n) is 9.80. The number of para-hydroxylation sites is 2. The van der Waals surface area contributed by atoms with Gasteiger partial charge >= 0.3 is 0 Å². The summed E-state index contributed by atoms with van der Waals surface area (Å²) in [6.07, 6.45) is 4.15. The molecular weight excluding hydrogens is 428 g/mol. The average Bonchev–Trinajstić information content (AvgIpc) is 3.12. The van der Waals surface area contributed by atoms with E-state index in [1.807, 2.05) is 42.7 Å². The Morgan fingerprint density at radius 2 is 1.61 bits per heavy atom. The minimum Gasteiger partial charge on any atom is -0.744 e. The highest BCUT2D eigenvalue weighted by Gasteiger charge is 2.15. The summed E-state index contributed by atoms with van der Waals surface area (Å²) < 4.78 is 34.8. The van der Waals surface area contributed by atoms with Crippen molar-refractivity contribution in [2.75, 3.05) is 5.32 Å². The molecular formula is C24H24N2O3S2. The zero-order valence-electron chi connectivity index (χ0n) is 17.4. The van der Waals surface area contributed by atoms with Gasteiger partial charge in [-0.2, -0.15) is 4.57 Å². The van der Waals surface area contributed by atoms with E-state index >= 15 is 0 Å². The molecule has 5 nitrogen and oxygen atoms in total. The zero-order valence-corrected chi connectivity index (χ0v) is 19.0. The van der Waals surface area contributed by atoms with E-state index < -0.39 is 10.1 Å². The first-order chi connectivity index (χ1) is 14.9. The molecule has 7 heteroatoms. The van der Waals surface area contributed by atoms with E-state index in [9.17, 15) is 13.0 Å². The molecule has 0 atom stereocenters. The number of nitrogens with zero attached hydrogens (tertiary/aromatic N) is 1. The number of aromatic nitrogens is 1. The van der Waals surface area contributed by atoms with Crippen LogP contribution in [-0.4, -0.2) is 13.0 Å². The van der Waals surface area contributed by atoms with Crippen molar-refractivity contribution in [1.82, 2.24) is 0 Å². The van der Waals surface area contributed by atoms with Crippen molar-refractivity contribution in [1.29, 1.82) is 0 Å². The van der Waals surface area contributed by atoms with E-state index in [0.717, 1.165) is 17.8 Å². The van der Waals surface area contributed by atoms with Gasteiger partial charge in [-0.15, -0.1) is 0 Å². The molecule has 31 heavy (non-hydrogen) atoms. The maximum Gasteiger partial charge on any atom is 0.264 e. The second-order valence-corrected chi connectivity index (χ2v) is 9.21. The van der Waals surface area contributed by atoms with E-state index in [1.165, 1.54) is 27.4 Å². The fraction of sp³-hybridized carbons (Fsp3) is 0.125. The summed E-state index contributed by atoms with van der Waals surface area (Å²) in [6.45, 7) is 4.98. The Labute approximate surface area is 187 Å². The molecule has 0 aliphatic rings. The molecule has 1 aromatic heterocycles. The van der Waals surface area contributed by atoms with Crippen LogP contribution >= 0.6 is 11.3 Å². The quantitative estimate of drug-likeness (QED) is 0.334. The Morgan fingerprint density at radius 1 is 0.968 bits per heavy atom. The molecule has 3 aromatic carbocycles. The molecule has 0 saturated heterocycles. The van der Waals surface area contributed by atoms with E-state index in [0.29, 0.717) is 0 Å². The number of thiazole rings is 1. The lowest BCUT2D eigenvalue weighted by Gasteiger charge is -2.05. The van der Waals surface area contributed by atoms with E-state index in [4.69, 9.17) is 0 Å². The third-order valence-electron chi connectivity index (χ3n) is 4.51. The predicted molar refractivity (Wildman–Crippen MR) is 126 cm³/mol. The SMILES string of the molecule is CC[n+]1c(/C=C/Nc2ccccc2)sc2ccccc21.Cc1ccc(S(=O)(=O)[O-])cc1. The van der Waals surface area contributed by atoms with Crippen molar-refractivity contribution in [3.05, 3.63) is 95.6 Å². The second-order valence-electron chi connectivity index (χ2n) is 6.76. The first-order valence-corrected chi connectivity index (χ1v) is 12.0. The van der Waals surface area contributed by atoms with Crippen LogP contribution < -0.4 is 9.88 Å². The van der Waals surface area contributed by atoms with Crippen molar-refractivity contribution in [2.45, 2.75) is 25.3 Å². The van der Waals surface area contributed by atoms with Crippen molar-refractivity contribution in [3.63, 3.8) is 0 Å². The monoisotopic (exact) mass is 452 g/mol. The molecule has 160 valence electrons. The smallest absolute Gasteiger partial charge is 0.264 e. The van der Waals surface area contributed by atoms with Crippen LogP contribution in [0.4, 0.5) is 5.69 Å². The summed E-state index contributed by atoms with van der Waals surface area (Å²) in [5.41, 5.74) is 3.34. The van der Waals surface area contributed by atoms with Crippen LogP contribution in [0.3, 0.4) is 0 Å². The van der Waals surface area contributed by atoms with E-state index in [1.54, 1.807) is 12.1 Å². The molecule has 0 fully saturated rings. The molecule has 4 rings (SSSR count). The summed E-state index contributed by atoms with van der Waals surface area (Å²) in [7, 11) is -4.27. The normalized spacial score (nSPS) is 11.3. The minimum atomic E-state index is -4.27. The number of benzene rings is 3. The van der Waals surface area contributed by atoms with Gasteiger partial charge in [0.2, 0.25) is 5.52 Å². The molecule has 0 bridgehead atoms. The molecule has 4 aromatic rings. The van der Waals surface area contributed by atoms with Crippen LogP contribution in [0.2, 0.25) is 0 Å². The highest BCUT2D eigenvalue weighted by atomic mass is 32.2. The topological polar surface area (TPSA) is 73.1 Å². The molecule has 0 aliphatic heterocycles. The molecule has 1 heterocycles. The largest absolute Gasteiger partial charge is 0.744 e. The van der Waals surface area contributed by atoms with Crippen LogP contribution in [0, 0.1) is 6.92 Å². The third-order valence-corrected chi connectivity index (χ3v) is 6.49. The van der Waals surface area contributed by atoms with Gasteiger partial charge in [-0.25, -0.2) is 8.42 Å². The fourth-order valence-corrected chi connectivity index (χ4v) is 4.55. The molecule has 0 unspecified atom stereocenters. The van der Waals surface area contributed by atoms with Gasteiger partial charge in [-0.1, -0.05) is 59.4 Å². The fourth-order valence-electron chi connectivity index (χ4n) is 2.95. The summed E-state index contributed by atoms with van der Waals surface area (Å²) in [5.74, 6) is 0. The van der Waals surface area contributed by atoms with Crippen LogP contribution in [-0.2, 0) is 16.7 Å². The number of hydrogen-bond acceptors (Lipinski definition) is 5. The zero-order chi connectivity index (χ0) is 22.3. The summed E-state index contributed by atoms with van der Waals surface area (Å²) in [5, 5.41) is 4.56. The Morgan fingerprint density at radius 3 is 2.26 bits per heavy atom. The van der Waals surface area contributed by atoms with Gasteiger partial charge in [0.25, 0.3) is 5.01 Å². The predicted octanol–water partition coefficient (Wildman–Crippen LogP) is 5.19. The Balaban J connectivity index is 0.000000210. The lowest BCUT2D eigenvalue weighted by atomic mass is 10.2. The van der Waals surface area contributed by atoms with Gasteiger partial charge in [-0.3, -0.25) is 0 Å². The number of rotatable bonds is 5. The maximum absolute atomic E-state index is 10.4. The number of anilines is 1. The standard InChI is InChI=1S/C17H16N2S.C7H8O3S/c1-2-19-15-10-6-7-11-16(15)20-17(19)12-13-18-14-8-4-3-5-9-14;1-6-2-4-7(5-3-6)11(8,9)10/h3-13H,2H2,1H3;2-5H,1H3,(H,8,9,10). The maximum atomic E-state index is 10.4. The van der Waals surface area contributed by atoms with E-state index in [-0.39, 0.29) is 4.90 Å². The molecule has 1 N–H and O–H groups in total. The molecule has 0 amide bonds. The van der Waals surface area contributed by atoms with Crippen LogP contribution in [0.1, 0.15) is 17.5 Å². The number of hydrogen-bond donors (Lipinski definition) is 1. The second kappa shape index (κ2) is 10.3. The highest BCUT2D eigenvalue weighted by Crippen LogP contribution is 2.21. The summed E-state index contributed by atoms with van der Waals surface area (Å²) >= 11 is 1.82. The van der Waals surface area contributed by atoms with Gasteiger partial charge in [-0.05, 0) is 44.2 Å². The number of aryl methyl sites for hydroxylation is 2. The van der Waals surface area contributed by atoms with Gasteiger partial charge in [0.15, 0.2) is 0 Å². The van der Waals surface area contributed by atoms with Crippen molar-refractivity contribution in [2.24, 2.45) is 0 Å². The Hall–Kier alpha value is -3.00. The van der Waals surface area contributed by atoms with Gasteiger partial charge < -0.3 is 9.87 Å². The highest BCUT2D eigenvalue weighted by molar-refractivity contribution is 7.85. The van der Waals surface area contributed by atoms with Crippen molar-refractivity contribution >= 4 is 43.4 Å². The van der Waals surface area contributed by atoms with Crippen molar-refractivity contribution in [3.8, 4) is 0 Å². The van der Waals surface area contributed by atoms with Gasteiger partial charge in [0.1, 0.15) is 21.4 Å². The Bertz CT molecular complexity index is 1260.